The van der Waals surface area contributed by atoms with Crippen molar-refractivity contribution < 1.29 is 14.0 Å². The number of carbonyl (C=O) groups is 2. The molecule has 0 unspecified atom stereocenters. The van der Waals surface area contributed by atoms with Gasteiger partial charge < -0.3 is 4.90 Å². The lowest BCUT2D eigenvalue weighted by atomic mass is 9.98. The fourth-order valence-electron chi connectivity index (χ4n) is 3.77. The van der Waals surface area contributed by atoms with Crippen molar-refractivity contribution in [3.63, 3.8) is 0 Å². The van der Waals surface area contributed by atoms with E-state index in [1.54, 1.807) is 0 Å². The van der Waals surface area contributed by atoms with Crippen LogP contribution in [0, 0.1) is 11.7 Å². The van der Waals surface area contributed by atoms with E-state index in [1.165, 1.54) is 35.6 Å². The van der Waals surface area contributed by atoms with Gasteiger partial charge in [-0.2, -0.15) is 0 Å². The quantitative estimate of drug-likeness (QED) is 0.652. The summed E-state index contributed by atoms with van der Waals surface area (Å²) in [5.41, 5.74) is 4.30. The van der Waals surface area contributed by atoms with Gasteiger partial charge in [0.05, 0.1) is 5.69 Å². The highest BCUT2D eigenvalue weighted by atomic mass is 32.1. The van der Waals surface area contributed by atoms with Crippen LogP contribution in [-0.2, 0) is 11.2 Å². The summed E-state index contributed by atoms with van der Waals surface area (Å²) in [6, 6.07) is 11.5. The van der Waals surface area contributed by atoms with Crippen LogP contribution in [-0.4, -0.2) is 23.3 Å². The molecule has 0 bridgehead atoms. The summed E-state index contributed by atoms with van der Waals surface area (Å²) in [4.78, 5) is 31.4. The second-order valence-electron chi connectivity index (χ2n) is 7.71. The number of rotatable bonds is 4. The maximum Gasteiger partial charge on any atom is 0.257 e. The van der Waals surface area contributed by atoms with E-state index in [0.717, 1.165) is 54.7 Å². The lowest BCUT2D eigenvalue weighted by molar-refractivity contribution is -0.119. The van der Waals surface area contributed by atoms with Crippen molar-refractivity contribution in [2.24, 2.45) is 5.92 Å². The Labute approximate surface area is 177 Å². The fourth-order valence-corrected chi connectivity index (χ4v) is 4.49. The molecule has 1 fully saturated rings. The van der Waals surface area contributed by atoms with Gasteiger partial charge in [-0.3, -0.25) is 14.9 Å². The molecular formula is C23H20FN3O2S. The number of amides is 2. The van der Waals surface area contributed by atoms with Crippen LogP contribution < -0.4 is 10.2 Å². The third kappa shape index (κ3) is 3.73. The van der Waals surface area contributed by atoms with Crippen LogP contribution in [0.3, 0.4) is 0 Å². The summed E-state index contributed by atoms with van der Waals surface area (Å²) in [5, 5.41) is 5.15. The molecule has 2 heterocycles. The minimum atomic E-state index is -0.382. The van der Waals surface area contributed by atoms with Gasteiger partial charge in [-0.1, -0.05) is 6.07 Å². The Morgan fingerprint density at radius 1 is 1.13 bits per heavy atom. The Kier molecular flexibility index (Phi) is 4.83. The molecule has 1 aromatic heterocycles. The number of aromatic nitrogens is 1. The number of fused-ring (bicyclic) bond motifs is 1. The molecule has 30 heavy (non-hydrogen) atoms. The molecule has 5 rings (SSSR count). The molecule has 0 radical (unpaired) electrons. The zero-order valence-corrected chi connectivity index (χ0v) is 17.0. The summed E-state index contributed by atoms with van der Waals surface area (Å²) in [6.45, 7) is 0.790. The Morgan fingerprint density at radius 3 is 2.70 bits per heavy atom. The highest BCUT2D eigenvalue weighted by Crippen LogP contribution is 2.37. The summed E-state index contributed by atoms with van der Waals surface area (Å²) < 4.78 is 13.0. The molecule has 2 amide bonds. The SMILES string of the molecule is O=C(Nc1nc(-c2ccc3c(c2)CCCN3C(=O)C2CC2)cs1)c1ccc(F)cc1. The topological polar surface area (TPSA) is 62.3 Å². The van der Waals surface area contributed by atoms with E-state index in [4.69, 9.17) is 0 Å². The predicted octanol–water partition coefficient (Wildman–Crippen LogP) is 4.89. The minimum absolute atomic E-state index is 0.210. The molecule has 5 nitrogen and oxygen atoms in total. The van der Waals surface area contributed by atoms with Gasteiger partial charge in [-0.15, -0.1) is 11.3 Å². The van der Waals surface area contributed by atoms with Crippen molar-refractivity contribution in [1.29, 1.82) is 0 Å². The summed E-state index contributed by atoms with van der Waals surface area (Å²) >= 11 is 1.34. The first-order chi connectivity index (χ1) is 14.6. The molecule has 152 valence electrons. The van der Waals surface area contributed by atoms with E-state index in [0.29, 0.717) is 10.7 Å². The largest absolute Gasteiger partial charge is 0.312 e. The molecule has 0 saturated heterocycles. The van der Waals surface area contributed by atoms with Gasteiger partial charge in [-0.05, 0) is 67.6 Å². The van der Waals surface area contributed by atoms with Gasteiger partial charge >= 0.3 is 0 Å². The van der Waals surface area contributed by atoms with Crippen LogP contribution >= 0.6 is 11.3 Å². The van der Waals surface area contributed by atoms with E-state index >= 15 is 0 Å². The Morgan fingerprint density at radius 2 is 1.93 bits per heavy atom. The fraction of sp³-hybridized carbons (Fsp3) is 0.261. The van der Waals surface area contributed by atoms with Crippen molar-refractivity contribution in [3.05, 3.63) is 64.8 Å². The number of hydrogen-bond acceptors (Lipinski definition) is 4. The average molecular weight is 421 g/mol. The normalized spacial score (nSPS) is 15.6. The number of hydrogen-bond donors (Lipinski definition) is 1. The van der Waals surface area contributed by atoms with Crippen LogP contribution in [0.4, 0.5) is 15.2 Å². The maximum atomic E-state index is 13.0. The molecule has 3 aromatic rings. The highest BCUT2D eigenvalue weighted by Gasteiger charge is 2.35. The summed E-state index contributed by atoms with van der Waals surface area (Å²) in [5.74, 6) is -0.243. The molecule has 1 saturated carbocycles. The number of nitrogens with one attached hydrogen (secondary N) is 1. The van der Waals surface area contributed by atoms with Crippen molar-refractivity contribution in [2.75, 3.05) is 16.8 Å². The number of thiazole rings is 1. The zero-order chi connectivity index (χ0) is 20.7. The smallest absolute Gasteiger partial charge is 0.257 e. The maximum absolute atomic E-state index is 13.0. The van der Waals surface area contributed by atoms with Gasteiger partial charge in [0, 0.05) is 34.7 Å². The number of carbonyl (C=O) groups excluding carboxylic acids is 2. The first-order valence-corrected chi connectivity index (χ1v) is 10.9. The standard InChI is InChI=1S/C23H20FN3O2S/c24-18-8-5-14(6-9-18)21(28)26-23-25-19(13-30-23)16-7-10-20-17(12-16)2-1-11-27(20)22(29)15-3-4-15/h5-10,12-13,15H,1-4,11H2,(H,25,26,28). The monoisotopic (exact) mass is 421 g/mol. The van der Waals surface area contributed by atoms with E-state index < -0.39 is 0 Å². The van der Waals surface area contributed by atoms with Crippen molar-refractivity contribution >= 4 is 34.0 Å². The third-order valence-corrected chi connectivity index (χ3v) is 6.28. The van der Waals surface area contributed by atoms with Crippen molar-refractivity contribution in [1.82, 2.24) is 4.98 Å². The number of anilines is 2. The van der Waals surface area contributed by atoms with Crippen LogP contribution in [0.5, 0.6) is 0 Å². The van der Waals surface area contributed by atoms with Gasteiger partial charge in [0.2, 0.25) is 5.91 Å². The predicted molar refractivity (Wildman–Crippen MR) is 115 cm³/mol. The van der Waals surface area contributed by atoms with Crippen LogP contribution in [0.15, 0.2) is 47.8 Å². The summed E-state index contributed by atoms with van der Waals surface area (Å²) in [6.07, 6.45) is 3.92. The number of halogens is 1. The Bertz CT molecular complexity index is 1120. The Balaban J connectivity index is 1.34. The molecular weight excluding hydrogens is 401 g/mol. The average Bonchev–Trinajstić information content (AvgIpc) is 3.51. The van der Waals surface area contributed by atoms with E-state index in [2.05, 4.69) is 16.4 Å². The zero-order valence-electron chi connectivity index (χ0n) is 16.2. The lowest BCUT2D eigenvalue weighted by Gasteiger charge is -2.30. The lowest BCUT2D eigenvalue weighted by Crippen LogP contribution is -2.36. The highest BCUT2D eigenvalue weighted by molar-refractivity contribution is 7.14. The van der Waals surface area contributed by atoms with Gasteiger partial charge in [0.15, 0.2) is 5.13 Å². The van der Waals surface area contributed by atoms with Crippen LogP contribution in [0.1, 0.15) is 35.2 Å². The van der Waals surface area contributed by atoms with Crippen molar-refractivity contribution in [2.45, 2.75) is 25.7 Å². The molecule has 2 aliphatic rings. The van der Waals surface area contributed by atoms with E-state index in [1.807, 2.05) is 22.4 Å². The number of benzene rings is 2. The Hall–Kier alpha value is -3.06. The van der Waals surface area contributed by atoms with Gasteiger partial charge in [0.25, 0.3) is 5.91 Å². The first kappa shape index (κ1) is 18.9. The van der Waals surface area contributed by atoms with Gasteiger partial charge in [0.1, 0.15) is 5.82 Å². The van der Waals surface area contributed by atoms with E-state index in [-0.39, 0.29) is 23.5 Å². The molecule has 2 aromatic carbocycles. The molecule has 0 atom stereocenters. The summed E-state index contributed by atoms with van der Waals surface area (Å²) in [7, 11) is 0. The van der Waals surface area contributed by atoms with E-state index in [9.17, 15) is 14.0 Å². The number of aryl methyl sites for hydroxylation is 1. The molecule has 1 N–H and O–H groups in total. The first-order valence-electron chi connectivity index (χ1n) is 10.1. The molecule has 0 spiro atoms. The van der Waals surface area contributed by atoms with Crippen LogP contribution in [0.2, 0.25) is 0 Å². The molecule has 7 heteroatoms. The molecule has 1 aliphatic carbocycles. The van der Waals surface area contributed by atoms with Crippen LogP contribution in [0.25, 0.3) is 11.3 Å². The second-order valence-corrected chi connectivity index (χ2v) is 8.57. The second kappa shape index (κ2) is 7.65. The molecule has 1 aliphatic heterocycles. The minimum Gasteiger partial charge on any atom is -0.312 e. The number of nitrogens with zero attached hydrogens (tertiary/aromatic N) is 2. The van der Waals surface area contributed by atoms with Crippen molar-refractivity contribution in [3.8, 4) is 11.3 Å². The van der Waals surface area contributed by atoms with Gasteiger partial charge in [-0.25, -0.2) is 9.37 Å². The third-order valence-electron chi connectivity index (χ3n) is 5.52.